The third-order valence-corrected chi connectivity index (χ3v) is 4.09. The number of rotatable bonds is 4. The van der Waals surface area contributed by atoms with Crippen LogP contribution in [0.2, 0.25) is 5.02 Å². The van der Waals surface area contributed by atoms with Crippen LogP contribution in [0.1, 0.15) is 24.4 Å². The van der Waals surface area contributed by atoms with Crippen molar-refractivity contribution in [1.29, 1.82) is 0 Å². The van der Waals surface area contributed by atoms with Crippen LogP contribution in [-0.2, 0) is 7.05 Å². The molecule has 0 aliphatic heterocycles. The Labute approximate surface area is 133 Å². The topological polar surface area (TPSA) is 42.7 Å². The first-order valence-corrected chi connectivity index (χ1v) is 7.72. The molecular formula is C12H13Br2ClN4. The van der Waals surface area contributed by atoms with E-state index < -0.39 is 0 Å². The van der Waals surface area contributed by atoms with E-state index in [4.69, 9.17) is 11.6 Å². The second-order valence-corrected chi connectivity index (χ2v) is 6.19. The van der Waals surface area contributed by atoms with Crippen molar-refractivity contribution in [3.05, 3.63) is 43.8 Å². The monoisotopic (exact) mass is 406 g/mol. The smallest absolute Gasteiger partial charge is 0.0948 e. The molecule has 19 heavy (non-hydrogen) atoms. The van der Waals surface area contributed by atoms with Gasteiger partial charge in [-0.1, -0.05) is 18.5 Å². The van der Waals surface area contributed by atoms with E-state index in [1.54, 1.807) is 17.1 Å². The fraction of sp³-hybridized carbons (Fsp3) is 0.333. The molecule has 0 radical (unpaired) electrons. The van der Waals surface area contributed by atoms with E-state index in [9.17, 15) is 0 Å². The lowest BCUT2D eigenvalue weighted by atomic mass is 10.1. The standard InChI is InChI=1S/C12H13Br2ClN4/c1-3-16-11(12-9(15)6-18-19(12)2)10-8(14)4-7(13)5-17-10/h4-6,11,16H,3H2,1-2H3. The Kier molecular flexibility index (Phi) is 5.00. The van der Waals surface area contributed by atoms with Crippen molar-refractivity contribution in [2.75, 3.05) is 6.54 Å². The van der Waals surface area contributed by atoms with Gasteiger partial charge in [0.1, 0.15) is 0 Å². The largest absolute Gasteiger partial charge is 0.304 e. The van der Waals surface area contributed by atoms with Crippen LogP contribution in [0.25, 0.3) is 0 Å². The molecular weight excluding hydrogens is 395 g/mol. The van der Waals surface area contributed by atoms with E-state index >= 15 is 0 Å². The number of hydrogen-bond acceptors (Lipinski definition) is 3. The minimum atomic E-state index is -0.104. The summed E-state index contributed by atoms with van der Waals surface area (Å²) in [6, 6.07) is 1.87. The lowest BCUT2D eigenvalue weighted by Gasteiger charge is -2.19. The zero-order valence-corrected chi connectivity index (χ0v) is 14.4. The first-order valence-electron chi connectivity index (χ1n) is 5.76. The molecule has 1 atom stereocenters. The summed E-state index contributed by atoms with van der Waals surface area (Å²) < 4.78 is 3.62. The van der Waals surface area contributed by atoms with Gasteiger partial charge in [-0.25, -0.2) is 0 Å². The minimum absolute atomic E-state index is 0.104. The van der Waals surface area contributed by atoms with E-state index in [-0.39, 0.29) is 6.04 Å². The fourth-order valence-corrected chi connectivity index (χ4v) is 3.40. The molecule has 0 fully saturated rings. The van der Waals surface area contributed by atoms with E-state index in [1.165, 1.54) is 0 Å². The highest BCUT2D eigenvalue weighted by Crippen LogP contribution is 2.31. The van der Waals surface area contributed by atoms with Gasteiger partial charge in [0.05, 0.1) is 28.6 Å². The number of nitrogens with zero attached hydrogens (tertiary/aromatic N) is 3. The first kappa shape index (κ1) is 15.0. The van der Waals surface area contributed by atoms with Gasteiger partial charge in [0.15, 0.2) is 0 Å². The van der Waals surface area contributed by atoms with Crippen LogP contribution in [0, 0.1) is 0 Å². The summed E-state index contributed by atoms with van der Waals surface area (Å²) in [5, 5.41) is 8.20. The molecule has 0 spiro atoms. The molecule has 1 N–H and O–H groups in total. The molecule has 2 aromatic rings. The number of nitrogens with one attached hydrogen (secondary N) is 1. The number of aromatic nitrogens is 3. The third-order valence-electron chi connectivity index (χ3n) is 2.73. The molecule has 0 bridgehead atoms. The van der Waals surface area contributed by atoms with Crippen molar-refractivity contribution >= 4 is 43.5 Å². The average Bonchev–Trinajstić information content (AvgIpc) is 2.67. The molecule has 4 nitrogen and oxygen atoms in total. The van der Waals surface area contributed by atoms with Crippen molar-refractivity contribution in [3.63, 3.8) is 0 Å². The molecule has 0 aromatic carbocycles. The molecule has 2 heterocycles. The molecule has 102 valence electrons. The summed E-state index contributed by atoms with van der Waals surface area (Å²) in [5.41, 5.74) is 1.79. The highest BCUT2D eigenvalue weighted by atomic mass is 79.9. The second-order valence-electron chi connectivity index (χ2n) is 4.01. The Hall–Kier alpha value is -0.430. The Morgan fingerprint density at radius 2 is 2.16 bits per heavy atom. The molecule has 0 saturated heterocycles. The first-order chi connectivity index (χ1) is 9.04. The summed E-state index contributed by atoms with van der Waals surface area (Å²) in [5.74, 6) is 0. The van der Waals surface area contributed by atoms with Crippen molar-refractivity contribution < 1.29 is 0 Å². The quantitative estimate of drug-likeness (QED) is 0.839. The fourth-order valence-electron chi connectivity index (χ4n) is 1.91. The van der Waals surface area contributed by atoms with Gasteiger partial charge in [-0.2, -0.15) is 5.10 Å². The Bertz CT molecular complexity index is 566. The lowest BCUT2D eigenvalue weighted by Crippen LogP contribution is -2.25. The van der Waals surface area contributed by atoms with Crippen molar-refractivity contribution in [3.8, 4) is 0 Å². The van der Waals surface area contributed by atoms with Crippen LogP contribution in [0.5, 0.6) is 0 Å². The van der Waals surface area contributed by atoms with E-state index in [2.05, 4.69) is 47.3 Å². The van der Waals surface area contributed by atoms with Gasteiger partial charge in [-0.05, 0) is 44.5 Å². The van der Waals surface area contributed by atoms with Gasteiger partial charge in [0, 0.05) is 22.2 Å². The number of pyridine rings is 1. The Morgan fingerprint density at radius 3 is 2.68 bits per heavy atom. The van der Waals surface area contributed by atoms with Crippen LogP contribution in [0.15, 0.2) is 27.4 Å². The van der Waals surface area contributed by atoms with Crippen molar-refractivity contribution in [2.24, 2.45) is 7.05 Å². The van der Waals surface area contributed by atoms with E-state index in [0.717, 1.165) is 26.9 Å². The molecule has 0 saturated carbocycles. The normalized spacial score (nSPS) is 12.7. The van der Waals surface area contributed by atoms with Gasteiger partial charge in [0.2, 0.25) is 0 Å². The molecule has 2 aromatic heterocycles. The zero-order valence-electron chi connectivity index (χ0n) is 10.5. The van der Waals surface area contributed by atoms with Crippen LogP contribution in [0.4, 0.5) is 0 Å². The second kappa shape index (κ2) is 6.35. The Morgan fingerprint density at radius 1 is 1.42 bits per heavy atom. The van der Waals surface area contributed by atoms with Crippen LogP contribution >= 0.6 is 43.5 Å². The third kappa shape index (κ3) is 3.18. The summed E-state index contributed by atoms with van der Waals surface area (Å²) in [7, 11) is 1.87. The predicted octanol–water partition coefficient (Wildman–Crippen LogP) is 3.69. The van der Waals surface area contributed by atoms with Crippen LogP contribution in [0.3, 0.4) is 0 Å². The van der Waals surface area contributed by atoms with Gasteiger partial charge >= 0.3 is 0 Å². The van der Waals surface area contributed by atoms with Gasteiger partial charge in [0.25, 0.3) is 0 Å². The molecule has 0 aliphatic rings. The van der Waals surface area contributed by atoms with Gasteiger partial charge < -0.3 is 5.32 Å². The number of halogens is 3. The minimum Gasteiger partial charge on any atom is -0.304 e. The molecule has 0 amide bonds. The summed E-state index contributed by atoms with van der Waals surface area (Å²) in [6.45, 7) is 2.85. The van der Waals surface area contributed by atoms with E-state index in [1.807, 2.05) is 20.0 Å². The molecule has 0 aliphatic carbocycles. The maximum absolute atomic E-state index is 6.23. The van der Waals surface area contributed by atoms with Crippen molar-refractivity contribution in [2.45, 2.75) is 13.0 Å². The summed E-state index contributed by atoms with van der Waals surface area (Å²) >= 11 is 13.2. The highest BCUT2D eigenvalue weighted by molar-refractivity contribution is 9.11. The molecule has 2 rings (SSSR count). The molecule has 7 heteroatoms. The SMILES string of the molecule is CCNC(c1ncc(Br)cc1Br)c1c(Cl)cnn1C. The van der Waals surface area contributed by atoms with Gasteiger partial charge in [-0.3, -0.25) is 9.67 Å². The Balaban J connectivity index is 2.51. The van der Waals surface area contributed by atoms with E-state index in [0.29, 0.717) is 5.02 Å². The highest BCUT2D eigenvalue weighted by Gasteiger charge is 2.23. The number of hydrogen-bond donors (Lipinski definition) is 1. The van der Waals surface area contributed by atoms with Crippen molar-refractivity contribution in [1.82, 2.24) is 20.1 Å². The molecule has 1 unspecified atom stereocenters. The lowest BCUT2D eigenvalue weighted by molar-refractivity contribution is 0.560. The average molecular weight is 409 g/mol. The van der Waals surface area contributed by atoms with Gasteiger partial charge in [-0.15, -0.1) is 0 Å². The number of aryl methyl sites for hydroxylation is 1. The van der Waals surface area contributed by atoms with Crippen LogP contribution in [-0.4, -0.2) is 21.3 Å². The summed E-state index contributed by atoms with van der Waals surface area (Å²) in [6.07, 6.45) is 3.42. The predicted molar refractivity (Wildman–Crippen MR) is 83.4 cm³/mol. The summed E-state index contributed by atoms with van der Waals surface area (Å²) in [4.78, 5) is 4.48. The maximum Gasteiger partial charge on any atom is 0.0948 e. The van der Waals surface area contributed by atoms with Crippen LogP contribution < -0.4 is 5.32 Å². The zero-order chi connectivity index (χ0) is 14.0. The maximum atomic E-state index is 6.23.